The number of aromatic nitrogens is 2. The van der Waals surface area contributed by atoms with Crippen molar-refractivity contribution in [3.05, 3.63) is 77.4 Å². The quantitative estimate of drug-likeness (QED) is 0.438. The maximum absolute atomic E-state index is 14.0. The number of ether oxygens (including phenoxy) is 1. The molecule has 4 rings (SSSR count). The highest BCUT2D eigenvalue weighted by molar-refractivity contribution is 5.88. The number of imidazole rings is 1. The van der Waals surface area contributed by atoms with Gasteiger partial charge >= 0.3 is 0 Å². The number of carbonyl (C=O) groups is 1. The second-order valence-electron chi connectivity index (χ2n) is 11.0. The van der Waals surface area contributed by atoms with Crippen molar-refractivity contribution in [2.24, 2.45) is 12.8 Å². The predicted molar refractivity (Wildman–Crippen MR) is 152 cm³/mol. The SMILES string of the molecule is CCC1(c2cccc(Oc3c(C#N)cccc3C(C)(N)c3cncn3C)c2)CCCCN(CCN(C)C)C1=O. The highest BCUT2D eigenvalue weighted by atomic mass is 16.5. The highest BCUT2D eigenvalue weighted by Gasteiger charge is 2.42. The van der Waals surface area contributed by atoms with Gasteiger partial charge in [-0.05, 0) is 64.0 Å². The fourth-order valence-electron chi connectivity index (χ4n) is 5.69. The van der Waals surface area contributed by atoms with Gasteiger partial charge in [-0.15, -0.1) is 0 Å². The van der Waals surface area contributed by atoms with Gasteiger partial charge in [-0.1, -0.05) is 37.6 Å². The van der Waals surface area contributed by atoms with Crippen molar-refractivity contribution in [3.8, 4) is 17.6 Å². The molecular weight excluding hydrogens is 488 g/mol. The molecule has 0 aliphatic carbocycles. The van der Waals surface area contributed by atoms with Crippen LogP contribution >= 0.6 is 0 Å². The van der Waals surface area contributed by atoms with Crippen molar-refractivity contribution in [2.45, 2.75) is 50.5 Å². The molecule has 1 aliphatic heterocycles. The lowest BCUT2D eigenvalue weighted by molar-refractivity contribution is -0.137. The summed E-state index contributed by atoms with van der Waals surface area (Å²) >= 11 is 0. The molecule has 8 heteroatoms. The number of amides is 1. The van der Waals surface area contributed by atoms with Crippen LogP contribution in [0.5, 0.6) is 11.5 Å². The molecule has 0 radical (unpaired) electrons. The minimum Gasteiger partial charge on any atom is -0.456 e. The fourth-order valence-corrected chi connectivity index (χ4v) is 5.69. The summed E-state index contributed by atoms with van der Waals surface area (Å²) in [6.45, 7) is 6.31. The van der Waals surface area contributed by atoms with Crippen LogP contribution in [0.15, 0.2) is 55.0 Å². The van der Waals surface area contributed by atoms with Crippen LogP contribution in [0.4, 0.5) is 0 Å². The van der Waals surface area contributed by atoms with Crippen molar-refractivity contribution < 1.29 is 9.53 Å². The van der Waals surface area contributed by atoms with Gasteiger partial charge in [-0.25, -0.2) is 4.98 Å². The van der Waals surface area contributed by atoms with Gasteiger partial charge < -0.3 is 24.8 Å². The molecule has 2 N–H and O–H groups in total. The van der Waals surface area contributed by atoms with Gasteiger partial charge in [0, 0.05) is 32.2 Å². The van der Waals surface area contributed by atoms with E-state index in [4.69, 9.17) is 10.5 Å². The largest absolute Gasteiger partial charge is 0.456 e. The Labute approximate surface area is 232 Å². The third-order valence-corrected chi connectivity index (χ3v) is 8.05. The third-order valence-electron chi connectivity index (χ3n) is 8.05. The lowest BCUT2D eigenvalue weighted by Gasteiger charge is -2.35. The lowest BCUT2D eigenvalue weighted by atomic mass is 9.73. The van der Waals surface area contributed by atoms with Crippen molar-refractivity contribution in [1.82, 2.24) is 19.4 Å². The van der Waals surface area contributed by atoms with E-state index in [1.54, 1.807) is 18.6 Å². The zero-order valence-electron chi connectivity index (χ0n) is 23.8. The standard InChI is InChI=1S/C31H40N6O2/c1-6-31(15-7-8-16-37(29(31)38)18-17-35(3)4)24-12-10-13-25(19-24)39-28-23(20-32)11-9-14-26(28)30(2,33)27-21-34-22-36(27)5/h9-14,19,21-22H,6-8,15-18,33H2,1-5H3. The maximum atomic E-state index is 14.0. The van der Waals surface area contributed by atoms with Gasteiger partial charge in [-0.2, -0.15) is 5.26 Å². The van der Waals surface area contributed by atoms with Gasteiger partial charge in [0.1, 0.15) is 11.8 Å². The summed E-state index contributed by atoms with van der Waals surface area (Å²) in [6.07, 6.45) is 6.92. The van der Waals surface area contributed by atoms with Crippen molar-refractivity contribution >= 4 is 5.91 Å². The average molecular weight is 529 g/mol. The maximum Gasteiger partial charge on any atom is 0.233 e. The fraction of sp³-hybridized carbons (Fsp3) is 0.452. The first-order valence-corrected chi connectivity index (χ1v) is 13.7. The molecule has 1 amide bonds. The minimum atomic E-state index is -0.958. The van der Waals surface area contributed by atoms with Crippen LogP contribution in [-0.2, 0) is 22.8 Å². The Morgan fingerprint density at radius 1 is 1.23 bits per heavy atom. The summed E-state index contributed by atoms with van der Waals surface area (Å²) < 4.78 is 8.35. The first-order valence-electron chi connectivity index (χ1n) is 13.7. The van der Waals surface area contributed by atoms with Crippen LogP contribution in [-0.4, -0.2) is 59.0 Å². The Bertz CT molecular complexity index is 1360. The summed E-state index contributed by atoms with van der Waals surface area (Å²) in [5.74, 6) is 1.17. The number of aryl methyl sites for hydroxylation is 1. The number of carbonyl (C=O) groups excluding carboxylic acids is 1. The first-order chi connectivity index (χ1) is 18.6. The van der Waals surface area contributed by atoms with Crippen LogP contribution in [0, 0.1) is 11.3 Å². The molecule has 206 valence electrons. The van der Waals surface area contributed by atoms with Crippen LogP contribution in [0.25, 0.3) is 0 Å². The number of rotatable bonds is 9. The number of likely N-dealkylation sites (N-methyl/N-ethyl adjacent to an activating group) is 1. The Morgan fingerprint density at radius 3 is 2.67 bits per heavy atom. The number of benzene rings is 2. The smallest absolute Gasteiger partial charge is 0.233 e. The van der Waals surface area contributed by atoms with Crippen LogP contribution < -0.4 is 10.5 Å². The van der Waals surface area contributed by atoms with Gasteiger partial charge in [-0.3, -0.25) is 4.79 Å². The second-order valence-corrected chi connectivity index (χ2v) is 11.0. The van der Waals surface area contributed by atoms with Gasteiger partial charge in [0.2, 0.25) is 5.91 Å². The number of nitriles is 1. The first kappa shape index (κ1) is 28.3. The van der Waals surface area contributed by atoms with Crippen molar-refractivity contribution in [3.63, 3.8) is 0 Å². The third kappa shape index (κ3) is 5.56. The monoisotopic (exact) mass is 528 g/mol. The summed E-state index contributed by atoms with van der Waals surface area (Å²) in [7, 11) is 5.95. The number of nitrogens with zero attached hydrogens (tertiary/aromatic N) is 5. The Balaban J connectivity index is 1.74. The molecule has 1 fully saturated rings. The molecule has 2 unspecified atom stereocenters. The molecule has 2 heterocycles. The molecular formula is C31H40N6O2. The summed E-state index contributed by atoms with van der Waals surface area (Å²) in [6, 6.07) is 15.5. The highest BCUT2D eigenvalue weighted by Crippen LogP contribution is 2.41. The average Bonchev–Trinajstić information content (AvgIpc) is 3.29. The van der Waals surface area contributed by atoms with Gasteiger partial charge in [0.05, 0.1) is 34.7 Å². The molecule has 39 heavy (non-hydrogen) atoms. The van der Waals surface area contributed by atoms with Gasteiger partial charge in [0.15, 0.2) is 5.75 Å². The molecule has 1 aromatic heterocycles. The number of hydrogen-bond acceptors (Lipinski definition) is 6. The Kier molecular flexibility index (Phi) is 8.43. The molecule has 0 bridgehead atoms. The Hall–Kier alpha value is -3.67. The predicted octanol–water partition coefficient (Wildman–Crippen LogP) is 4.53. The van der Waals surface area contributed by atoms with Crippen LogP contribution in [0.2, 0.25) is 0 Å². The Morgan fingerprint density at radius 2 is 2.00 bits per heavy atom. The number of para-hydroxylation sites is 1. The second kappa shape index (κ2) is 11.6. The van der Waals surface area contributed by atoms with Crippen molar-refractivity contribution in [1.29, 1.82) is 5.26 Å². The molecule has 1 aliphatic rings. The van der Waals surface area contributed by atoms with E-state index < -0.39 is 11.0 Å². The summed E-state index contributed by atoms with van der Waals surface area (Å²) in [5, 5.41) is 9.95. The number of hydrogen-bond donors (Lipinski definition) is 1. The van der Waals surface area contributed by atoms with Gasteiger partial charge in [0.25, 0.3) is 0 Å². The summed E-state index contributed by atoms with van der Waals surface area (Å²) in [4.78, 5) is 22.4. The van der Waals surface area contributed by atoms with E-state index >= 15 is 0 Å². The van der Waals surface area contributed by atoms with Crippen molar-refractivity contribution in [2.75, 3.05) is 33.7 Å². The zero-order chi connectivity index (χ0) is 28.2. The molecule has 3 aromatic rings. The van der Waals surface area contributed by atoms with E-state index in [0.29, 0.717) is 35.6 Å². The van der Waals surface area contributed by atoms with Crippen LogP contribution in [0.3, 0.4) is 0 Å². The molecule has 0 spiro atoms. The number of nitrogens with two attached hydrogens (primary N) is 1. The van der Waals surface area contributed by atoms with E-state index in [2.05, 4.69) is 22.9 Å². The van der Waals surface area contributed by atoms with E-state index in [-0.39, 0.29) is 5.91 Å². The summed E-state index contributed by atoms with van der Waals surface area (Å²) in [5.41, 5.74) is 8.11. The molecule has 0 saturated carbocycles. The zero-order valence-corrected chi connectivity index (χ0v) is 23.8. The minimum absolute atomic E-state index is 0.186. The molecule has 2 atom stereocenters. The van der Waals surface area contributed by atoms with E-state index in [1.807, 2.05) is 73.9 Å². The topological polar surface area (TPSA) is 100 Å². The molecule has 2 aromatic carbocycles. The van der Waals surface area contributed by atoms with E-state index in [9.17, 15) is 10.1 Å². The molecule has 8 nitrogen and oxygen atoms in total. The van der Waals surface area contributed by atoms with E-state index in [1.165, 1.54) is 0 Å². The normalized spacial score (nSPS) is 19.4. The molecule has 1 saturated heterocycles. The van der Waals surface area contributed by atoms with E-state index in [0.717, 1.165) is 43.6 Å². The number of likely N-dealkylation sites (tertiary alicyclic amines) is 1. The lowest BCUT2D eigenvalue weighted by Crippen LogP contribution is -2.47. The van der Waals surface area contributed by atoms with Crippen LogP contribution in [0.1, 0.15) is 61.9 Å².